The monoisotopic (exact) mass is 301 g/mol. The smallest absolute Gasteiger partial charge is 0.411 e. The number of amides is 1. The second-order valence-corrected chi connectivity index (χ2v) is 4.18. The lowest BCUT2D eigenvalue weighted by Crippen LogP contribution is -2.14. The number of carbonyl (C=O) groups excluding carboxylic acids is 1. The van der Waals surface area contributed by atoms with Gasteiger partial charge in [0.1, 0.15) is 0 Å². The summed E-state index contributed by atoms with van der Waals surface area (Å²) in [6, 6.07) is 7.08. The van der Waals surface area contributed by atoms with E-state index in [1.807, 2.05) is 6.07 Å². The van der Waals surface area contributed by atoms with E-state index in [0.29, 0.717) is 12.1 Å². The summed E-state index contributed by atoms with van der Waals surface area (Å²) >= 11 is 3.27. The van der Waals surface area contributed by atoms with E-state index in [-0.39, 0.29) is 13.0 Å². The SMILES string of the molecule is O=C(O)CCCOC(=O)Nc1cccc(Br)c1. The molecule has 6 heteroatoms. The minimum Gasteiger partial charge on any atom is -0.481 e. The van der Waals surface area contributed by atoms with Crippen molar-refractivity contribution in [3.63, 3.8) is 0 Å². The maximum absolute atomic E-state index is 11.3. The van der Waals surface area contributed by atoms with Gasteiger partial charge in [-0.25, -0.2) is 4.79 Å². The summed E-state index contributed by atoms with van der Waals surface area (Å²) in [6.45, 7) is 0.0894. The molecule has 1 amide bonds. The Balaban J connectivity index is 2.27. The van der Waals surface area contributed by atoms with Crippen molar-refractivity contribution >= 4 is 33.7 Å². The Hall–Kier alpha value is -1.56. The van der Waals surface area contributed by atoms with Crippen LogP contribution in [0, 0.1) is 0 Å². The standard InChI is InChI=1S/C11H12BrNO4/c12-8-3-1-4-9(7-8)13-11(16)17-6-2-5-10(14)15/h1,3-4,7H,2,5-6H2,(H,13,16)(H,14,15). The summed E-state index contributed by atoms with van der Waals surface area (Å²) in [6.07, 6.45) is -0.292. The zero-order valence-electron chi connectivity index (χ0n) is 8.98. The van der Waals surface area contributed by atoms with Crippen LogP contribution in [0.4, 0.5) is 10.5 Å². The fourth-order valence-electron chi connectivity index (χ4n) is 1.11. The summed E-state index contributed by atoms with van der Waals surface area (Å²) in [5.41, 5.74) is 0.614. The molecule has 0 heterocycles. The van der Waals surface area contributed by atoms with Crippen LogP contribution < -0.4 is 5.32 Å². The van der Waals surface area contributed by atoms with Gasteiger partial charge in [-0.1, -0.05) is 22.0 Å². The highest BCUT2D eigenvalue weighted by atomic mass is 79.9. The first-order valence-electron chi connectivity index (χ1n) is 4.99. The van der Waals surface area contributed by atoms with Crippen molar-refractivity contribution in [3.8, 4) is 0 Å². The van der Waals surface area contributed by atoms with Crippen LogP contribution in [0.5, 0.6) is 0 Å². The molecular formula is C11H12BrNO4. The van der Waals surface area contributed by atoms with Crippen LogP contribution in [-0.2, 0) is 9.53 Å². The van der Waals surface area contributed by atoms with Gasteiger partial charge in [-0.3, -0.25) is 10.1 Å². The molecule has 0 aromatic heterocycles. The third-order valence-corrected chi connectivity index (χ3v) is 2.33. The Bertz CT molecular complexity index is 408. The van der Waals surface area contributed by atoms with Gasteiger partial charge < -0.3 is 9.84 Å². The molecule has 0 saturated carbocycles. The quantitative estimate of drug-likeness (QED) is 0.820. The zero-order chi connectivity index (χ0) is 12.7. The number of ether oxygens (including phenoxy) is 1. The van der Waals surface area contributed by atoms with Gasteiger partial charge in [0.15, 0.2) is 0 Å². The number of anilines is 1. The first-order chi connectivity index (χ1) is 8.08. The van der Waals surface area contributed by atoms with Crippen LogP contribution in [0.15, 0.2) is 28.7 Å². The fraction of sp³-hybridized carbons (Fsp3) is 0.273. The summed E-state index contributed by atoms with van der Waals surface area (Å²) in [4.78, 5) is 21.5. The molecule has 0 unspecified atom stereocenters. The predicted octanol–water partition coefficient (Wildman–Crippen LogP) is 2.86. The Kier molecular flexibility index (Phi) is 5.48. The summed E-state index contributed by atoms with van der Waals surface area (Å²) in [7, 11) is 0. The molecule has 0 radical (unpaired) electrons. The molecule has 1 rings (SSSR count). The van der Waals surface area contributed by atoms with Gasteiger partial charge in [0.05, 0.1) is 6.61 Å². The number of carboxylic acid groups (broad SMARTS) is 1. The van der Waals surface area contributed by atoms with E-state index in [2.05, 4.69) is 21.2 Å². The summed E-state index contributed by atoms with van der Waals surface area (Å²) in [5.74, 6) is -0.902. The fourth-order valence-corrected chi connectivity index (χ4v) is 1.51. The predicted molar refractivity (Wildman–Crippen MR) is 66.0 cm³/mol. The molecule has 5 nitrogen and oxygen atoms in total. The van der Waals surface area contributed by atoms with Crippen molar-refractivity contribution in [2.45, 2.75) is 12.8 Å². The number of nitrogens with one attached hydrogen (secondary N) is 1. The highest BCUT2D eigenvalue weighted by molar-refractivity contribution is 9.10. The van der Waals surface area contributed by atoms with E-state index in [9.17, 15) is 9.59 Å². The lowest BCUT2D eigenvalue weighted by molar-refractivity contribution is -0.137. The highest BCUT2D eigenvalue weighted by Crippen LogP contribution is 2.15. The van der Waals surface area contributed by atoms with Crippen molar-refractivity contribution in [2.24, 2.45) is 0 Å². The third kappa shape index (κ3) is 5.91. The number of carbonyl (C=O) groups is 2. The van der Waals surface area contributed by atoms with Gasteiger partial charge in [0.2, 0.25) is 0 Å². The van der Waals surface area contributed by atoms with Crippen LogP contribution in [0.3, 0.4) is 0 Å². The van der Waals surface area contributed by atoms with E-state index < -0.39 is 12.1 Å². The Labute approximate surface area is 107 Å². The molecule has 1 aromatic carbocycles. The van der Waals surface area contributed by atoms with E-state index >= 15 is 0 Å². The molecular weight excluding hydrogens is 290 g/mol. The van der Waals surface area contributed by atoms with Gasteiger partial charge >= 0.3 is 12.1 Å². The molecule has 1 aromatic rings. The Morgan fingerprint density at radius 3 is 2.82 bits per heavy atom. The number of rotatable bonds is 5. The van der Waals surface area contributed by atoms with Gasteiger partial charge in [-0.2, -0.15) is 0 Å². The number of hydrogen-bond acceptors (Lipinski definition) is 3. The normalized spacial score (nSPS) is 9.71. The van der Waals surface area contributed by atoms with Crippen LogP contribution in [-0.4, -0.2) is 23.8 Å². The summed E-state index contributed by atoms with van der Waals surface area (Å²) in [5, 5.41) is 10.9. The second-order valence-electron chi connectivity index (χ2n) is 3.27. The van der Waals surface area contributed by atoms with E-state index in [0.717, 1.165) is 4.47 Å². The van der Waals surface area contributed by atoms with Gasteiger partial charge in [0, 0.05) is 16.6 Å². The first kappa shape index (κ1) is 13.5. The molecule has 0 aliphatic heterocycles. The van der Waals surface area contributed by atoms with Crippen LogP contribution in [0.1, 0.15) is 12.8 Å². The molecule has 0 aliphatic carbocycles. The average Bonchev–Trinajstić information content (AvgIpc) is 2.24. The second kappa shape index (κ2) is 6.90. The lowest BCUT2D eigenvalue weighted by Gasteiger charge is -2.06. The number of carboxylic acids is 1. The lowest BCUT2D eigenvalue weighted by atomic mass is 10.3. The van der Waals surface area contributed by atoms with Crippen molar-refractivity contribution < 1.29 is 19.4 Å². The largest absolute Gasteiger partial charge is 0.481 e. The molecule has 0 fully saturated rings. The summed E-state index contributed by atoms with van der Waals surface area (Å²) < 4.78 is 5.66. The molecule has 0 bridgehead atoms. The van der Waals surface area contributed by atoms with E-state index in [4.69, 9.17) is 9.84 Å². The van der Waals surface area contributed by atoms with Crippen LogP contribution >= 0.6 is 15.9 Å². The van der Waals surface area contributed by atoms with Gasteiger partial charge in [0.25, 0.3) is 0 Å². The van der Waals surface area contributed by atoms with Crippen molar-refractivity contribution in [1.82, 2.24) is 0 Å². The molecule has 92 valence electrons. The molecule has 0 atom stereocenters. The van der Waals surface area contributed by atoms with Crippen LogP contribution in [0.25, 0.3) is 0 Å². The molecule has 17 heavy (non-hydrogen) atoms. The zero-order valence-corrected chi connectivity index (χ0v) is 10.6. The molecule has 2 N–H and O–H groups in total. The average molecular weight is 302 g/mol. The van der Waals surface area contributed by atoms with Gasteiger partial charge in [-0.15, -0.1) is 0 Å². The Morgan fingerprint density at radius 1 is 1.41 bits per heavy atom. The number of aliphatic carboxylic acids is 1. The van der Waals surface area contributed by atoms with E-state index in [1.165, 1.54) is 0 Å². The van der Waals surface area contributed by atoms with Crippen molar-refractivity contribution in [3.05, 3.63) is 28.7 Å². The van der Waals surface area contributed by atoms with Gasteiger partial charge in [-0.05, 0) is 24.6 Å². The minimum atomic E-state index is -0.902. The van der Waals surface area contributed by atoms with Crippen molar-refractivity contribution in [2.75, 3.05) is 11.9 Å². The topological polar surface area (TPSA) is 75.6 Å². The number of benzene rings is 1. The van der Waals surface area contributed by atoms with E-state index in [1.54, 1.807) is 18.2 Å². The maximum atomic E-state index is 11.3. The highest BCUT2D eigenvalue weighted by Gasteiger charge is 2.04. The Morgan fingerprint density at radius 2 is 2.18 bits per heavy atom. The molecule has 0 aliphatic rings. The third-order valence-electron chi connectivity index (χ3n) is 1.84. The molecule has 0 spiro atoms. The maximum Gasteiger partial charge on any atom is 0.411 e. The number of hydrogen-bond donors (Lipinski definition) is 2. The van der Waals surface area contributed by atoms with Crippen molar-refractivity contribution in [1.29, 1.82) is 0 Å². The first-order valence-corrected chi connectivity index (χ1v) is 5.78. The number of halogens is 1. The van der Waals surface area contributed by atoms with Crippen LogP contribution in [0.2, 0.25) is 0 Å². The minimum absolute atomic E-state index is 0.00976. The molecule has 0 saturated heterocycles.